The van der Waals surface area contributed by atoms with E-state index in [1.54, 1.807) is 19.9 Å². The van der Waals surface area contributed by atoms with Gasteiger partial charge in [0, 0.05) is 10.5 Å². The Hall–Kier alpha value is -1.13. The molecule has 1 rings (SSSR count). The lowest BCUT2D eigenvalue weighted by Crippen LogP contribution is -2.45. The van der Waals surface area contributed by atoms with Crippen LogP contribution in [-0.4, -0.2) is 23.2 Å². The summed E-state index contributed by atoms with van der Waals surface area (Å²) >= 11 is 3.36. The minimum Gasteiger partial charge on any atom is -0.394 e. The van der Waals surface area contributed by atoms with E-state index in [1.807, 2.05) is 24.3 Å². The number of aliphatic hydroxyl groups excluding tert-OH is 1. The maximum absolute atomic E-state index is 11.6. The summed E-state index contributed by atoms with van der Waals surface area (Å²) in [5.41, 5.74) is 0.343. The highest BCUT2D eigenvalue weighted by Gasteiger charge is 2.17. The van der Waals surface area contributed by atoms with Gasteiger partial charge in [0.25, 0.3) is 0 Å². The third-order valence-electron chi connectivity index (χ3n) is 2.13. The smallest absolute Gasteiger partial charge is 0.244 e. The Morgan fingerprint density at radius 1 is 1.53 bits per heavy atom. The molecule has 0 aliphatic heterocycles. The molecular weight excluding hydrogens is 282 g/mol. The van der Waals surface area contributed by atoms with Crippen molar-refractivity contribution in [1.82, 2.24) is 5.32 Å². The second kappa shape index (κ2) is 5.98. The molecule has 0 spiro atoms. The number of hydrogen-bond acceptors (Lipinski definition) is 2. The number of rotatable bonds is 4. The summed E-state index contributed by atoms with van der Waals surface area (Å²) in [5.74, 6) is -0.218. The van der Waals surface area contributed by atoms with Gasteiger partial charge in [-0.25, -0.2) is 0 Å². The molecule has 1 aromatic carbocycles. The van der Waals surface area contributed by atoms with Crippen molar-refractivity contribution >= 4 is 27.9 Å². The average molecular weight is 298 g/mol. The predicted molar refractivity (Wildman–Crippen MR) is 72.5 cm³/mol. The average Bonchev–Trinajstić information content (AvgIpc) is 2.26. The lowest BCUT2D eigenvalue weighted by molar-refractivity contribution is -0.118. The summed E-state index contributed by atoms with van der Waals surface area (Å²) in [5, 5.41) is 11.7. The van der Waals surface area contributed by atoms with Crippen LogP contribution in [-0.2, 0) is 4.79 Å². The van der Waals surface area contributed by atoms with Crippen molar-refractivity contribution in [3.63, 3.8) is 0 Å². The summed E-state index contributed by atoms with van der Waals surface area (Å²) in [7, 11) is 0. The Bertz CT molecular complexity index is 427. The van der Waals surface area contributed by atoms with Crippen LogP contribution in [0.2, 0.25) is 0 Å². The summed E-state index contributed by atoms with van der Waals surface area (Å²) in [4.78, 5) is 11.6. The number of benzene rings is 1. The fourth-order valence-electron chi connectivity index (χ4n) is 1.20. The normalized spacial score (nSPS) is 11.8. The van der Waals surface area contributed by atoms with Gasteiger partial charge in [0.05, 0.1) is 12.1 Å². The number of nitrogens with one attached hydrogen (secondary N) is 1. The number of aliphatic hydroxyl groups is 1. The number of amides is 1. The Kier molecular flexibility index (Phi) is 4.90. The van der Waals surface area contributed by atoms with Crippen molar-refractivity contribution in [3.05, 3.63) is 40.4 Å². The van der Waals surface area contributed by atoms with Crippen LogP contribution < -0.4 is 5.32 Å². The Balaban J connectivity index is 2.63. The van der Waals surface area contributed by atoms with E-state index >= 15 is 0 Å². The minimum absolute atomic E-state index is 0.0938. The molecule has 0 saturated heterocycles. The Labute approximate surface area is 110 Å². The number of halogens is 1. The zero-order chi connectivity index (χ0) is 12.9. The molecule has 0 bridgehead atoms. The molecule has 0 unspecified atom stereocenters. The van der Waals surface area contributed by atoms with Gasteiger partial charge in [-0.15, -0.1) is 0 Å². The van der Waals surface area contributed by atoms with E-state index in [1.165, 1.54) is 6.08 Å². The van der Waals surface area contributed by atoms with Crippen molar-refractivity contribution in [1.29, 1.82) is 0 Å². The lowest BCUT2D eigenvalue weighted by atomic mass is 10.1. The van der Waals surface area contributed by atoms with Gasteiger partial charge in [0.1, 0.15) is 0 Å². The van der Waals surface area contributed by atoms with Crippen LogP contribution in [0.15, 0.2) is 34.8 Å². The van der Waals surface area contributed by atoms with Crippen molar-refractivity contribution in [2.45, 2.75) is 19.4 Å². The highest BCUT2D eigenvalue weighted by Crippen LogP contribution is 2.12. The molecule has 1 amide bonds. The molecule has 2 N–H and O–H groups in total. The Morgan fingerprint density at radius 2 is 2.24 bits per heavy atom. The minimum atomic E-state index is -0.599. The van der Waals surface area contributed by atoms with Crippen LogP contribution in [0.1, 0.15) is 19.4 Å². The van der Waals surface area contributed by atoms with E-state index < -0.39 is 5.54 Å². The van der Waals surface area contributed by atoms with Crippen molar-refractivity contribution in [2.24, 2.45) is 0 Å². The van der Waals surface area contributed by atoms with Gasteiger partial charge in [0.2, 0.25) is 5.91 Å². The molecule has 4 heteroatoms. The fraction of sp³-hybridized carbons (Fsp3) is 0.308. The topological polar surface area (TPSA) is 49.3 Å². The molecule has 3 nitrogen and oxygen atoms in total. The van der Waals surface area contributed by atoms with Gasteiger partial charge in [0.15, 0.2) is 0 Å². The highest BCUT2D eigenvalue weighted by molar-refractivity contribution is 9.10. The largest absolute Gasteiger partial charge is 0.394 e. The lowest BCUT2D eigenvalue weighted by Gasteiger charge is -2.22. The fourth-order valence-corrected chi connectivity index (χ4v) is 1.61. The molecule has 0 heterocycles. The molecule has 0 saturated carbocycles. The van der Waals surface area contributed by atoms with Crippen LogP contribution in [0.4, 0.5) is 0 Å². The molecule has 17 heavy (non-hydrogen) atoms. The molecule has 0 aromatic heterocycles. The SMILES string of the molecule is CC(C)(CO)NC(=O)/C=C/c1cccc(Br)c1. The van der Waals surface area contributed by atoms with Crippen molar-refractivity contribution in [2.75, 3.05) is 6.61 Å². The van der Waals surface area contributed by atoms with Crippen molar-refractivity contribution in [3.8, 4) is 0 Å². The van der Waals surface area contributed by atoms with Gasteiger partial charge in [-0.1, -0.05) is 28.1 Å². The van der Waals surface area contributed by atoms with E-state index in [-0.39, 0.29) is 12.5 Å². The van der Waals surface area contributed by atoms with Crippen molar-refractivity contribution < 1.29 is 9.90 Å². The molecule has 0 aliphatic rings. The van der Waals surface area contributed by atoms with Crippen LogP contribution in [0.3, 0.4) is 0 Å². The summed E-state index contributed by atoms with van der Waals surface area (Å²) in [6.07, 6.45) is 3.19. The van der Waals surface area contributed by atoms with Gasteiger partial charge in [-0.05, 0) is 37.6 Å². The third kappa shape index (κ3) is 5.15. The molecule has 0 aliphatic carbocycles. The predicted octanol–water partition coefficient (Wildman–Crippen LogP) is 2.35. The summed E-state index contributed by atoms with van der Waals surface area (Å²) in [6, 6.07) is 7.65. The van der Waals surface area contributed by atoms with Gasteiger partial charge in [-0.2, -0.15) is 0 Å². The van der Waals surface area contributed by atoms with Gasteiger partial charge >= 0.3 is 0 Å². The van der Waals surface area contributed by atoms with E-state index in [4.69, 9.17) is 5.11 Å². The second-order valence-corrected chi connectivity index (χ2v) is 5.34. The van der Waals surface area contributed by atoms with E-state index in [0.29, 0.717) is 0 Å². The van der Waals surface area contributed by atoms with E-state index in [0.717, 1.165) is 10.0 Å². The molecule has 92 valence electrons. The number of carbonyl (C=O) groups is 1. The summed E-state index contributed by atoms with van der Waals surface area (Å²) in [6.45, 7) is 3.43. The van der Waals surface area contributed by atoms with Crippen LogP contribution >= 0.6 is 15.9 Å². The molecule has 0 radical (unpaired) electrons. The van der Waals surface area contributed by atoms with Crippen LogP contribution in [0.25, 0.3) is 6.08 Å². The zero-order valence-corrected chi connectivity index (χ0v) is 11.5. The Morgan fingerprint density at radius 3 is 2.82 bits per heavy atom. The van der Waals surface area contributed by atoms with Gasteiger partial charge in [-0.3, -0.25) is 4.79 Å². The maximum atomic E-state index is 11.6. The van der Waals surface area contributed by atoms with Crippen LogP contribution in [0, 0.1) is 0 Å². The summed E-state index contributed by atoms with van der Waals surface area (Å²) < 4.78 is 0.968. The van der Waals surface area contributed by atoms with Crippen LogP contribution in [0.5, 0.6) is 0 Å². The van der Waals surface area contributed by atoms with Gasteiger partial charge < -0.3 is 10.4 Å². The first-order valence-electron chi connectivity index (χ1n) is 5.29. The second-order valence-electron chi connectivity index (χ2n) is 4.42. The zero-order valence-electron chi connectivity index (χ0n) is 9.90. The van der Waals surface area contributed by atoms with E-state index in [2.05, 4.69) is 21.2 Å². The highest BCUT2D eigenvalue weighted by atomic mass is 79.9. The van der Waals surface area contributed by atoms with E-state index in [9.17, 15) is 4.79 Å². The first-order chi connectivity index (χ1) is 7.93. The third-order valence-corrected chi connectivity index (χ3v) is 2.63. The standard InChI is InChI=1S/C13H16BrNO2/c1-13(2,9-16)15-12(17)7-6-10-4-3-5-11(14)8-10/h3-8,16H,9H2,1-2H3,(H,15,17)/b7-6+. The molecular formula is C13H16BrNO2. The number of carbonyl (C=O) groups excluding carboxylic acids is 1. The first-order valence-corrected chi connectivity index (χ1v) is 6.09. The molecule has 1 aromatic rings. The first kappa shape index (κ1) is 13.9. The molecule has 0 fully saturated rings. The molecule has 0 atom stereocenters. The number of hydrogen-bond donors (Lipinski definition) is 2. The quantitative estimate of drug-likeness (QED) is 0.838. The monoisotopic (exact) mass is 297 g/mol. The maximum Gasteiger partial charge on any atom is 0.244 e.